The van der Waals surface area contributed by atoms with Crippen LogP contribution < -0.4 is 10.2 Å². The third-order valence-electron chi connectivity index (χ3n) is 10.3. The number of aliphatic imine (C=N–C) groups is 2. The number of fused-ring (bicyclic) bond motifs is 9. The second-order valence-electron chi connectivity index (χ2n) is 13.0. The van der Waals surface area contributed by atoms with E-state index in [1.165, 1.54) is 44.8 Å². The van der Waals surface area contributed by atoms with Gasteiger partial charge in [-0.05, 0) is 69.3 Å². The van der Waals surface area contributed by atoms with E-state index in [4.69, 9.17) is 9.98 Å². The molecule has 10 rings (SSSR count). The Kier molecular flexibility index (Phi) is 6.43. The third kappa shape index (κ3) is 4.18. The summed E-state index contributed by atoms with van der Waals surface area (Å²) in [6, 6.07) is 65.1. The molecule has 0 bridgehead atoms. The number of benzene rings is 7. The zero-order valence-corrected chi connectivity index (χ0v) is 27.2. The minimum Gasteiger partial charge on any atom is -0.344 e. The van der Waals surface area contributed by atoms with Crippen molar-refractivity contribution in [2.45, 2.75) is 11.6 Å². The lowest BCUT2D eigenvalue weighted by molar-refractivity contribution is 0.674. The molecule has 2 heterocycles. The first kappa shape index (κ1) is 28.5. The van der Waals surface area contributed by atoms with E-state index < -0.39 is 5.41 Å². The van der Waals surface area contributed by atoms with Crippen LogP contribution in [0.4, 0.5) is 17.1 Å². The van der Waals surface area contributed by atoms with Crippen molar-refractivity contribution in [2.24, 2.45) is 9.98 Å². The molecule has 0 saturated heterocycles. The quantitative estimate of drug-likeness (QED) is 0.208. The first-order chi connectivity index (χ1) is 24.8. The summed E-state index contributed by atoms with van der Waals surface area (Å²) >= 11 is 0. The number of nitrogens with zero attached hydrogens (tertiary/aromatic N) is 3. The second kappa shape index (κ2) is 11.3. The Hall–Kier alpha value is -6.52. The summed E-state index contributed by atoms with van der Waals surface area (Å²) in [5.74, 6) is 1.53. The molecule has 0 radical (unpaired) electrons. The molecular weight excluding hydrogens is 609 g/mol. The minimum atomic E-state index is -0.543. The lowest BCUT2D eigenvalue weighted by Gasteiger charge is -2.45. The summed E-state index contributed by atoms with van der Waals surface area (Å²) in [6.07, 6.45) is -0.270. The molecule has 3 aliphatic rings. The van der Waals surface area contributed by atoms with Gasteiger partial charge in [-0.3, -0.25) is 0 Å². The topological polar surface area (TPSA) is 40.0 Å². The van der Waals surface area contributed by atoms with E-state index in [0.29, 0.717) is 5.84 Å². The van der Waals surface area contributed by atoms with Crippen LogP contribution in [0.3, 0.4) is 0 Å². The number of hydrogen-bond donors (Lipinski definition) is 1. The highest BCUT2D eigenvalue weighted by Gasteiger charge is 2.51. The van der Waals surface area contributed by atoms with Gasteiger partial charge in [-0.2, -0.15) is 0 Å². The van der Waals surface area contributed by atoms with Crippen LogP contribution in [-0.2, 0) is 5.41 Å². The SMILES string of the molecule is c1ccc(C2=NC(c3ccc4c(c3)C3(c5ccccc5-4)c4ccccc4N(c4ccccc4)c4ccccc43)=NC(c3ccccc3)N2)cc1. The van der Waals surface area contributed by atoms with Crippen molar-refractivity contribution in [2.75, 3.05) is 4.90 Å². The predicted octanol–water partition coefficient (Wildman–Crippen LogP) is 10.3. The normalized spacial score (nSPS) is 16.3. The summed E-state index contributed by atoms with van der Waals surface area (Å²) in [5, 5.41) is 3.61. The average Bonchev–Trinajstić information content (AvgIpc) is 3.49. The van der Waals surface area contributed by atoms with E-state index in [9.17, 15) is 0 Å². The first-order valence-electron chi connectivity index (χ1n) is 17.1. The van der Waals surface area contributed by atoms with Gasteiger partial charge in [0, 0.05) is 16.8 Å². The molecule has 1 unspecified atom stereocenters. The molecule has 50 heavy (non-hydrogen) atoms. The van der Waals surface area contributed by atoms with Crippen molar-refractivity contribution in [3.8, 4) is 11.1 Å². The molecule has 1 aliphatic carbocycles. The van der Waals surface area contributed by atoms with Gasteiger partial charge in [-0.25, -0.2) is 9.98 Å². The predicted molar refractivity (Wildman–Crippen MR) is 204 cm³/mol. The van der Waals surface area contributed by atoms with Crippen LogP contribution in [0.5, 0.6) is 0 Å². The zero-order valence-electron chi connectivity index (χ0n) is 27.2. The number of nitrogens with one attached hydrogen (secondary N) is 1. The number of rotatable bonds is 4. The molecule has 7 aromatic rings. The van der Waals surface area contributed by atoms with Crippen LogP contribution in [0, 0.1) is 0 Å². The van der Waals surface area contributed by atoms with Gasteiger partial charge in [0.2, 0.25) is 0 Å². The number of amidine groups is 2. The van der Waals surface area contributed by atoms with Gasteiger partial charge >= 0.3 is 0 Å². The Balaban J connectivity index is 1.23. The van der Waals surface area contributed by atoms with E-state index in [2.05, 4.69) is 180 Å². The highest BCUT2D eigenvalue weighted by Crippen LogP contribution is 2.63. The van der Waals surface area contributed by atoms with Crippen molar-refractivity contribution < 1.29 is 0 Å². The zero-order chi connectivity index (χ0) is 33.1. The molecule has 2 aliphatic heterocycles. The Morgan fingerprint density at radius 1 is 0.480 bits per heavy atom. The highest BCUT2D eigenvalue weighted by molar-refractivity contribution is 6.13. The van der Waals surface area contributed by atoms with E-state index in [0.717, 1.165) is 28.2 Å². The first-order valence-corrected chi connectivity index (χ1v) is 17.1. The van der Waals surface area contributed by atoms with Gasteiger partial charge in [-0.15, -0.1) is 0 Å². The van der Waals surface area contributed by atoms with Crippen molar-refractivity contribution in [1.82, 2.24) is 5.32 Å². The Labute approximate surface area is 291 Å². The van der Waals surface area contributed by atoms with E-state index in [1.807, 2.05) is 12.1 Å². The van der Waals surface area contributed by atoms with Crippen LogP contribution in [0.15, 0.2) is 192 Å². The smallest absolute Gasteiger partial charge is 0.159 e. The average molecular weight is 641 g/mol. The minimum absolute atomic E-state index is 0.270. The number of anilines is 3. The maximum atomic E-state index is 5.26. The largest absolute Gasteiger partial charge is 0.344 e. The van der Waals surface area contributed by atoms with Gasteiger partial charge in [0.1, 0.15) is 12.0 Å². The van der Waals surface area contributed by atoms with Crippen molar-refractivity contribution in [1.29, 1.82) is 0 Å². The van der Waals surface area contributed by atoms with Crippen LogP contribution in [0.1, 0.15) is 45.1 Å². The van der Waals surface area contributed by atoms with Crippen LogP contribution in [0.25, 0.3) is 11.1 Å². The van der Waals surface area contributed by atoms with Crippen molar-refractivity contribution in [3.63, 3.8) is 0 Å². The van der Waals surface area contributed by atoms with Gasteiger partial charge < -0.3 is 10.2 Å². The van der Waals surface area contributed by atoms with Gasteiger partial charge in [0.15, 0.2) is 5.84 Å². The molecule has 1 atom stereocenters. The molecule has 7 aromatic carbocycles. The lowest BCUT2D eigenvalue weighted by Crippen LogP contribution is -2.36. The molecule has 0 aromatic heterocycles. The fourth-order valence-corrected chi connectivity index (χ4v) is 8.23. The molecule has 0 fully saturated rings. The van der Waals surface area contributed by atoms with Crippen LogP contribution in [-0.4, -0.2) is 11.7 Å². The van der Waals surface area contributed by atoms with E-state index in [-0.39, 0.29) is 6.17 Å². The Morgan fingerprint density at radius 3 is 1.74 bits per heavy atom. The fraction of sp³-hybridized carbons (Fsp3) is 0.0435. The summed E-state index contributed by atoms with van der Waals surface area (Å²) in [6.45, 7) is 0. The van der Waals surface area contributed by atoms with Crippen LogP contribution in [0.2, 0.25) is 0 Å². The van der Waals surface area contributed by atoms with Crippen molar-refractivity contribution >= 4 is 28.7 Å². The molecule has 1 N–H and O–H groups in total. The Bertz CT molecular complexity index is 2420. The number of para-hydroxylation sites is 3. The summed E-state index contributed by atoms with van der Waals surface area (Å²) < 4.78 is 0. The molecule has 1 spiro atoms. The lowest BCUT2D eigenvalue weighted by atomic mass is 9.64. The monoisotopic (exact) mass is 640 g/mol. The molecule has 4 heteroatoms. The Morgan fingerprint density at radius 2 is 1.04 bits per heavy atom. The van der Waals surface area contributed by atoms with E-state index in [1.54, 1.807) is 0 Å². The fourth-order valence-electron chi connectivity index (χ4n) is 8.23. The highest BCUT2D eigenvalue weighted by atomic mass is 15.2. The standard InChI is InChI=1S/C46H32N4/c1-4-16-31(17-5-1)43-47-44(32-18-6-2-7-19-32)49-45(48-43)33-28-29-36-35-22-10-11-23-37(35)46(40(36)30-33)38-24-12-14-26-41(38)50(34-20-8-3-9-21-34)42-27-15-13-25-39(42)46/h1-30,43H,(H,47,48,49). The molecule has 4 nitrogen and oxygen atoms in total. The molecule has 236 valence electrons. The van der Waals surface area contributed by atoms with Crippen LogP contribution >= 0.6 is 0 Å². The summed E-state index contributed by atoms with van der Waals surface area (Å²) in [5.41, 5.74) is 13.6. The third-order valence-corrected chi connectivity index (χ3v) is 10.3. The molecular formula is C46H32N4. The second-order valence-corrected chi connectivity index (χ2v) is 13.0. The number of hydrogen-bond acceptors (Lipinski definition) is 4. The van der Waals surface area contributed by atoms with E-state index >= 15 is 0 Å². The van der Waals surface area contributed by atoms with Gasteiger partial charge in [-0.1, -0.05) is 152 Å². The summed E-state index contributed by atoms with van der Waals surface area (Å²) in [7, 11) is 0. The molecule has 0 saturated carbocycles. The maximum Gasteiger partial charge on any atom is 0.159 e. The van der Waals surface area contributed by atoms with Gasteiger partial charge in [0.05, 0.1) is 16.8 Å². The summed E-state index contributed by atoms with van der Waals surface area (Å²) in [4.78, 5) is 12.9. The maximum absolute atomic E-state index is 5.26. The molecule has 0 amide bonds. The van der Waals surface area contributed by atoms with Crippen molar-refractivity contribution in [3.05, 3.63) is 221 Å². The van der Waals surface area contributed by atoms with Gasteiger partial charge in [0.25, 0.3) is 0 Å².